The van der Waals surface area contributed by atoms with Crippen molar-refractivity contribution in [3.8, 4) is 0 Å². The summed E-state index contributed by atoms with van der Waals surface area (Å²) in [5.74, 6) is -0.914. The van der Waals surface area contributed by atoms with Crippen LogP contribution in [-0.4, -0.2) is 37.2 Å². The monoisotopic (exact) mass is 1150 g/mol. The maximum absolute atomic E-state index is 12.9. The lowest BCUT2D eigenvalue weighted by Crippen LogP contribution is -2.30. The molecule has 0 saturated heterocycles. The maximum atomic E-state index is 12.9. The number of esters is 3. The summed E-state index contributed by atoms with van der Waals surface area (Å²) >= 11 is 0. The lowest BCUT2D eigenvalue weighted by atomic mass is 10.0. The van der Waals surface area contributed by atoms with Crippen molar-refractivity contribution in [1.29, 1.82) is 0 Å². The summed E-state index contributed by atoms with van der Waals surface area (Å²) in [6, 6.07) is 0. The molecule has 1 unspecified atom stereocenters. The van der Waals surface area contributed by atoms with Crippen LogP contribution in [0.25, 0.3) is 0 Å². The molecule has 0 aromatic carbocycles. The van der Waals surface area contributed by atoms with Crippen molar-refractivity contribution >= 4 is 17.9 Å². The van der Waals surface area contributed by atoms with E-state index in [2.05, 4.69) is 142 Å². The van der Waals surface area contributed by atoms with Gasteiger partial charge in [-0.3, -0.25) is 14.4 Å². The van der Waals surface area contributed by atoms with Crippen LogP contribution in [0.4, 0.5) is 0 Å². The lowest BCUT2D eigenvalue weighted by molar-refractivity contribution is -0.167. The first-order valence-electron chi connectivity index (χ1n) is 35.0. The molecule has 0 saturated carbocycles. The molecule has 0 aliphatic rings. The molecule has 0 amide bonds. The molecule has 0 heterocycles. The van der Waals surface area contributed by atoms with Gasteiger partial charge in [0.15, 0.2) is 6.10 Å². The van der Waals surface area contributed by atoms with E-state index < -0.39 is 6.10 Å². The summed E-state index contributed by atoms with van der Waals surface area (Å²) in [4.78, 5) is 38.4. The van der Waals surface area contributed by atoms with E-state index >= 15 is 0 Å². The standard InChI is InChI=1S/C77H130O6/c1-4-7-10-13-16-19-22-25-27-29-31-33-34-35-36-37-38-39-40-41-42-44-45-47-49-52-55-58-61-64-67-70-76(79)82-73-74(72-81-75(78)69-66-63-60-57-54-51-24-21-18-15-12-9-6-3)83-77(80)71-68-65-62-59-56-53-50-48-46-43-32-30-28-26-23-20-17-14-11-8-5-2/h7,9-10,12,16,18-19,21,23,25-27,30-33,35-36,51,54,74H,4-6,8,11,13-15,17,20,22,24,28-29,34,37-50,52-53,55-73H2,1-3H3/b10-7-,12-9-,19-16-,21-18-,26-23-,27-25-,32-30-,33-31-,36-35-,54-51-. The second-order valence-corrected chi connectivity index (χ2v) is 23.0. The van der Waals surface area contributed by atoms with Gasteiger partial charge in [-0.2, -0.15) is 0 Å². The van der Waals surface area contributed by atoms with Crippen molar-refractivity contribution in [3.63, 3.8) is 0 Å². The third-order valence-corrected chi connectivity index (χ3v) is 14.9. The smallest absolute Gasteiger partial charge is 0.306 e. The Balaban J connectivity index is 4.26. The molecule has 1 atom stereocenters. The van der Waals surface area contributed by atoms with Crippen LogP contribution in [0, 0.1) is 0 Å². The van der Waals surface area contributed by atoms with Crippen LogP contribution in [-0.2, 0) is 28.6 Å². The molecular formula is C77H130O6. The quantitative estimate of drug-likeness (QED) is 0.0261. The Kier molecular flexibility index (Phi) is 66.7. The molecule has 0 spiro atoms. The highest BCUT2D eigenvalue weighted by Crippen LogP contribution is 2.17. The van der Waals surface area contributed by atoms with Gasteiger partial charge in [0.1, 0.15) is 13.2 Å². The van der Waals surface area contributed by atoms with Crippen molar-refractivity contribution in [2.75, 3.05) is 13.2 Å². The molecular weight excluding hydrogens is 1020 g/mol. The molecule has 6 heteroatoms. The summed E-state index contributed by atoms with van der Waals surface area (Å²) in [6.45, 7) is 6.40. The zero-order valence-electron chi connectivity index (χ0n) is 54.4. The fourth-order valence-corrected chi connectivity index (χ4v) is 9.75. The molecule has 0 aliphatic heterocycles. The maximum Gasteiger partial charge on any atom is 0.306 e. The number of allylic oxidation sites excluding steroid dienone is 20. The number of carbonyl (C=O) groups is 3. The van der Waals surface area contributed by atoms with E-state index in [-0.39, 0.29) is 31.1 Å². The van der Waals surface area contributed by atoms with Crippen LogP contribution in [0.5, 0.6) is 0 Å². The van der Waals surface area contributed by atoms with Gasteiger partial charge in [0.05, 0.1) is 0 Å². The number of unbranched alkanes of at least 4 members (excludes halogenated alkanes) is 32. The Morgan fingerprint density at radius 1 is 0.253 bits per heavy atom. The fraction of sp³-hybridized carbons (Fsp3) is 0.701. The molecule has 0 aromatic rings. The minimum absolute atomic E-state index is 0.0891. The number of rotatable bonds is 63. The molecule has 0 aliphatic carbocycles. The summed E-state index contributed by atoms with van der Waals surface area (Å²) in [7, 11) is 0. The first-order valence-corrected chi connectivity index (χ1v) is 35.0. The normalized spacial score (nSPS) is 12.9. The van der Waals surface area contributed by atoms with Crippen LogP contribution in [0.1, 0.15) is 329 Å². The van der Waals surface area contributed by atoms with E-state index in [1.54, 1.807) is 0 Å². The molecule has 0 aromatic heterocycles. The Labute approximate surface area is 513 Å². The zero-order valence-corrected chi connectivity index (χ0v) is 54.4. The Hall–Kier alpha value is -4.19. The molecule has 0 rings (SSSR count). The lowest BCUT2D eigenvalue weighted by Gasteiger charge is -2.18. The highest BCUT2D eigenvalue weighted by Gasteiger charge is 2.19. The predicted molar refractivity (Wildman–Crippen MR) is 362 cm³/mol. The van der Waals surface area contributed by atoms with Gasteiger partial charge in [-0.15, -0.1) is 0 Å². The van der Waals surface area contributed by atoms with E-state index in [1.807, 2.05) is 0 Å². The second-order valence-electron chi connectivity index (χ2n) is 23.0. The molecule has 474 valence electrons. The highest BCUT2D eigenvalue weighted by molar-refractivity contribution is 5.71. The van der Waals surface area contributed by atoms with Gasteiger partial charge >= 0.3 is 17.9 Å². The molecule has 0 radical (unpaired) electrons. The molecule has 6 nitrogen and oxygen atoms in total. The van der Waals surface area contributed by atoms with Crippen molar-refractivity contribution in [3.05, 3.63) is 122 Å². The topological polar surface area (TPSA) is 78.9 Å². The highest BCUT2D eigenvalue weighted by atomic mass is 16.6. The molecule has 0 N–H and O–H groups in total. The van der Waals surface area contributed by atoms with E-state index in [4.69, 9.17) is 14.2 Å². The van der Waals surface area contributed by atoms with Gasteiger partial charge in [-0.1, -0.05) is 303 Å². The van der Waals surface area contributed by atoms with E-state index in [9.17, 15) is 14.4 Å². The summed E-state index contributed by atoms with van der Waals surface area (Å²) in [5, 5.41) is 0. The van der Waals surface area contributed by atoms with Gasteiger partial charge in [0.25, 0.3) is 0 Å². The van der Waals surface area contributed by atoms with Gasteiger partial charge in [0.2, 0.25) is 0 Å². The van der Waals surface area contributed by atoms with Crippen molar-refractivity contribution in [2.24, 2.45) is 0 Å². The minimum Gasteiger partial charge on any atom is -0.462 e. The SMILES string of the molecule is CC/C=C\C/C=C\C/C=C\C/C=C\C/C=C\CCCCCCCCCCCCCCCCCC(=O)OCC(COC(=O)CCCCC/C=C\C/C=C\C/C=C\CC)OC(=O)CCCCCCCCCCC/C=C\C/C=C\CCCCCCC. The summed E-state index contributed by atoms with van der Waals surface area (Å²) in [6.07, 6.45) is 98.0. The average Bonchev–Trinajstić information content (AvgIpc) is 3.49. The van der Waals surface area contributed by atoms with Crippen LogP contribution in [0.3, 0.4) is 0 Å². The Morgan fingerprint density at radius 3 is 0.747 bits per heavy atom. The Morgan fingerprint density at radius 2 is 0.470 bits per heavy atom. The first kappa shape index (κ1) is 78.8. The van der Waals surface area contributed by atoms with Crippen LogP contribution in [0.2, 0.25) is 0 Å². The van der Waals surface area contributed by atoms with E-state index in [0.717, 1.165) is 122 Å². The van der Waals surface area contributed by atoms with Gasteiger partial charge in [0, 0.05) is 19.3 Å². The van der Waals surface area contributed by atoms with Crippen molar-refractivity contribution in [2.45, 2.75) is 335 Å². The third kappa shape index (κ3) is 68.5. The van der Waals surface area contributed by atoms with E-state index in [1.165, 1.54) is 167 Å². The first-order chi connectivity index (χ1) is 41.0. The zero-order chi connectivity index (χ0) is 59.9. The predicted octanol–water partition coefficient (Wildman–Crippen LogP) is 24.3. The number of hydrogen-bond acceptors (Lipinski definition) is 6. The number of ether oxygens (including phenoxy) is 3. The van der Waals surface area contributed by atoms with Gasteiger partial charge in [-0.05, 0) is 128 Å². The molecule has 83 heavy (non-hydrogen) atoms. The molecule has 0 fully saturated rings. The third-order valence-electron chi connectivity index (χ3n) is 14.9. The van der Waals surface area contributed by atoms with Gasteiger partial charge < -0.3 is 14.2 Å². The van der Waals surface area contributed by atoms with Crippen molar-refractivity contribution in [1.82, 2.24) is 0 Å². The van der Waals surface area contributed by atoms with Crippen molar-refractivity contribution < 1.29 is 28.6 Å². The minimum atomic E-state index is -0.796. The second kappa shape index (κ2) is 70.3. The van der Waals surface area contributed by atoms with E-state index in [0.29, 0.717) is 19.3 Å². The fourth-order valence-electron chi connectivity index (χ4n) is 9.75. The number of carbonyl (C=O) groups excluding carboxylic acids is 3. The average molecular weight is 1150 g/mol. The number of hydrogen-bond donors (Lipinski definition) is 0. The van der Waals surface area contributed by atoms with Crippen LogP contribution < -0.4 is 0 Å². The Bertz CT molecular complexity index is 1700. The van der Waals surface area contributed by atoms with Crippen LogP contribution in [0.15, 0.2) is 122 Å². The van der Waals surface area contributed by atoms with Crippen LogP contribution >= 0.6 is 0 Å². The largest absolute Gasteiger partial charge is 0.462 e. The molecule has 0 bridgehead atoms. The summed E-state index contributed by atoms with van der Waals surface area (Å²) in [5.41, 5.74) is 0. The summed E-state index contributed by atoms with van der Waals surface area (Å²) < 4.78 is 16.9. The van der Waals surface area contributed by atoms with Gasteiger partial charge in [-0.25, -0.2) is 0 Å².